The fraction of sp³-hybridized carbons (Fsp3) is 0.267. The Bertz CT molecular complexity index is 606. The normalized spacial score (nSPS) is 18.5. The van der Waals surface area contributed by atoms with E-state index >= 15 is 0 Å². The van der Waals surface area contributed by atoms with Crippen molar-refractivity contribution in [3.05, 3.63) is 35.7 Å². The number of carbonyl (C=O) groups excluding carboxylic acids is 1. The van der Waals surface area contributed by atoms with Gasteiger partial charge in [-0.1, -0.05) is 34.6 Å². The molecule has 20 heavy (non-hydrogen) atoms. The highest BCUT2D eigenvalue weighted by atomic mass is 127. The minimum absolute atomic E-state index is 0.0184. The molecule has 0 fully saturated rings. The molecule has 5 heteroatoms. The average molecular weight is 385 g/mol. The van der Waals surface area contributed by atoms with Crippen LogP contribution in [0.25, 0.3) is 5.70 Å². The summed E-state index contributed by atoms with van der Waals surface area (Å²) in [5.74, 6) is 2.25. The van der Waals surface area contributed by atoms with Gasteiger partial charge in [0.15, 0.2) is 0 Å². The second-order valence-electron chi connectivity index (χ2n) is 4.32. The molecular weight excluding hydrogens is 372 g/mol. The number of hydrogen-bond donors (Lipinski definition) is 0. The number of hydrogen-bond acceptors (Lipinski definition) is 2. The zero-order chi connectivity index (χ0) is 14.7. The Labute approximate surface area is 130 Å². The molecule has 2 rings (SSSR count). The first kappa shape index (κ1) is 14.9. The third-order valence-electron chi connectivity index (χ3n) is 3.02. The Morgan fingerprint density at radius 1 is 1.60 bits per heavy atom. The molecular formula is C15H13FINO2. The number of rotatable bonds is 3. The Kier molecular flexibility index (Phi) is 4.65. The fourth-order valence-electron chi connectivity index (χ4n) is 1.99. The first-order chi connectivity index (χ1) is 9.54. The van der Waals surface area contributed by atoms with Gasteiger partial charge in [0, 0.05) is 24.4 Å². The molecule has 1 aliphatic heterocycles. The largest absolute Gasteiger partial charge is 0.481 e. The van der Waals surface area contributed by atoms with Gasteiger partial charge in [-0.05, 0) is 18.6 Å². The van der Waals surface area contributed by atoms with E-state index in [0.29, 0.717) is 23.4 Å². The van der Waals surface area contributed by atoms with E-state index < -0.39 is 5.82 Å². The second kappa shape index (κ2) is 6.27. The molecule has 1 aromatic carbocycles. The average Bonchev–Trinajstić information content (AvgIpc) is 2.44. The van der Waals surface area contributed by atoms with Crippen LogP contribution >= 0.6 is 22.6 Å². The molecule has 0 radical (unpaired) electrons. The number of halogens is 2. The number of nitrogens with zero attached hydrogens (tertiary/aromatic N) is 1. The van der Waals surface area contributed by atoms with Crippen molar-refractivity contribution in [1.82, 2.24) is 4.90 Å². The molecule has 0 aromatic heterocycles. The SMILES string of the molecule is C#CCOc1ccc(C2=CCC(I)C(=O)N2C)c(F)c1. The van der Waals surface area contributed by atoms with Crippen molar-refractivity contribution in [2.24, 2.45) is 0 Å². The minimum Gasteiger partial charge on any atom is -0.481 e. The van der Waals surface area contributed by atoms with Crippen LogP contribution in [0.3, 0.4) is 0 Å². The van der Waals surface area contributed by atoms with Crippen molar-refractivity contribution < 1.29 is 13.9 Å². The predicted molar refractivity (Wildman–Crippen MR) is 83.9 cm³/mol. The van der Waals surface area contributed by atoms with Crippen LogP contribution in [0.1, 0.15) is 12.0 Å². The number of benzene rings is 1. The van der Waals surface area contributed by atoms with Gasteiger partial charge >= 0.3 is 0 Å². The summed E-state index contributed by atoms with van der Waals surface area (Å²) in [5.41, 5.74) is 0.973. The van der Waals surface area contributed by atoms with Gasteiger partial charge in [0.1, 0.15) is 18.2 Å². The highest BCUT2D eigenvalue weighted by Gasteiger charge is 2.27. The molecule has 0 saturated carbocycles. The second-order valence-corrected chi connectivity index (χ2v) is 5.83. The number of terminal acetylenes is 1. The van der Waals surface area contributed by atoms with Gasteiger partial charge in [0.2, 0.25) is 5.91 Å². The first-order valence-corrected chi connectivity index (χ1v) is 7.27. The van der Waals surface area contributed by atoms with Crippen molar-refractivity contribution in [1.29, 1.82) is 0 Å². The molecule has 1 aromatic rings. The zero-order valence-electron chi connectivity index (χ0n) is 10.9. The molecule has 0 bridgehead atoms. The lowest BCUT2D eigenvalue weighted by atomic mass is 10.0. The Morgan fingerprint density at radius 2 is 2.35 bits per heavy atom. The number of amides is 1. The molecule has 1 heterocycles. The lowest BCUT2D eigenvalue weighted by molar-refractivity contribution is -0.126. The standard InChI is InChI=1S/C15H13FINO2/c1-3-8-20-10-4-5-11(12(16)9-10)14-7-6-13(17)15(19)18(14)2/h1,4-5,7,9,13H,6,8H2,2H3. The highest BCUT2D eigenvalue weighted by Crippen LogP contribution is 2.30. The van der Waals surface area contributed by atoms with E-state index in [1.54, 1.807) is 19.2 Å². The molecule has 1 amide bonds. The quantitative estimate of drug-likeness (QED) is 0.455. The molecule has 1 atom stereocenters. The summed E-state index contributed by atoms with van der Waals surface area (Å²) in [6, 6.07) is 4.53. The Morgan fingerprint density at radius 3 is 3.00 bits per heavy atom. The molecule has 104 valence electrons. The van der Waals surface area contributed by atoms with E-state index in [2.05, 4.69) is 28.5 Å². The molecule has 0 aliphatic carbocycles. The van der Waals surface area contributed by atoms with Gasteiger partial charge in [0.05, 0.1) is 3.92 Å². The van der Waals surface area contributed by atoms with Crippen LogP contribution in [0.5, 0.6) is 5.75 Å². The van der Waals surface area contributed by atoms with Crippen molar-refractivity contribution in [2.45, 2.75) is 10.3 Å². The van der Waals surface area contributed by atoms with Crippen molar-refractivity contribution in [2.75, 3.05) is 13.7 Å². The smallest absolute Gasteiger partial charge is 0.240 e. The summed E-state index contributed by atoms with van der Waals surface area (Å²) in [6.45, 7) is 0.0936. The fourth-order valence-corrected chi connectivity index (χ4v) is 2.66. The van der Waals surface area contributed by atoms with E-state index in [0.717, 1.165) is 0 Å². The highest BCUT2D eigenvalue weighted by molar-refractivity contribution is 14.1. The monoisotopic (exact) mass is 385 g/mol. The summed E-state index contributed by atoms with van der Waals surface area (Å²) in [7, 11) is 1.65. The number of alkyl halides is 1. The van der Waals surface area contributed by atoms with Gasteiger partial charge < -0.3 is 9.64 Å². The van der Waals surface area contributed by atoms with E-state index in [4.69, 9.17) is 11.2 Å². The summed E-state index contributed by atoms with van der Waals surface area (Å²) in [5, 5.41) is 0. The van der Waals surface area contributed by atoms with Crippen LogP contribution in [-0.2, 0) is 4.79 Å². The van der Waals surface area contributed by atoms with Gasteiger partial charge in [-0.15, -0.1) is 6.42 Å². The lowest BCUT2D eigenvalue weighted by Crippen LogP contribution is -2.35. The van der Waals surface area contributed by atoms with Gasteiger partial charge in [-0.25, -0.2) is 4.39 Å². The molecule has 1 unspecified atom stereocenters. The lowest BCUT2D eigenvalue weighted by Gasteiger charge is -2.28. The number of ether oxygens (including phenoxy) is 1. The van der Waals surface area contributed by atoms with Crippen molar-refractivity contribution in [3.63, 3.8) is 0 Å². The molecule has 0 saturated heterocycles. The maximum absolute atomic E-state index is 14.1. The van der Waals surface area contributed by atoms with E-state index in [9.17, 15) is 9.18 Å². The molecule has 0 N–H and O–H groups in total. The summed E-state index contributed by atoms with van der Waals surface area (Å²) in [4.78, 5) is 13.4. The summed E-state index contributed by atoms with van der Waals surface area (Å²) >= 11 is 2.09. The van der Waals surface area contributed by atoms with Crippen molar-refractivity contribution >= 4 is 34.2 Å². The van der Waals surface area contributed by atoms with Gasteiger partial charge in [0.25, 0.3) is 0 Å². The van der Waals surface area contributed by atoms with Gasteiger partial charge in [-0.2, -0.15) is 0 Å². The van der Waals surface area contributed by atoms with Crippen LogP contribution in [0, 0.1) is 18.2 Å². The van der Waals surface area contributed by atoms with Crippen LogP contribution in [0.2, 0.25) is 0 Å². The maximum atomic E-state index is 14.1. The maximum Gasteiger partial charge on any atom is 0.240 e. The Hall–Kier alpha value is -1.55. The molecule has 3 nitrogen and oxygen atoms in total. The number of carbonyl (C=O) groups is 1. The minimum atomic E-state index is -0.433. The third kappa shape index (κ3) is 2.96. The third-order valence-corrected chi connectivity index (χ3v) is 4.06. The van der Waals surface area contributed by atoms with Crippen LogP contribution < -0.4 is 4.74 Å². The summed E-state index contributed by atoms with van der Waals surface area (Å²) in [6.07, 6.45) is 7.56. The first-order valence-electron chi connectivity index (χ1n) is 6.02. The topological polar surface area (TPSA) is 29.5 Å². The van der Waals surface area contributed by atoms with E-state index in [-0.39, 0.29) is 16.4 Å². The summed E-state index contributed by atoms with van der Waals surface area (Å²) < 4.78 is 19.2. The zero-order valence-corrected chi connectivity index (χ0v) is 13.1. The van der Waals surface area contributed by atoms with E-state index in [1.165, 1.54) is 11.0 Å². The van der Waals surface area contributed by atoms with Crippen LogP contribution in [0.4, 0.5) is 4.39 Å². The van der Waals surface area contributed by atoms with Crippen LogP contribution in [0.15, 0.2) is 24.3 Å². The molecule has 0 spiro atoms. The predicted octanol–water partition coefficient (Wildman–Crippen LogP) is 2.84. The number of allylic oxidation sites excluding steroid dienone is 1. The Balaban J connectivity index is 2.30. The van der Waals surface area contributed by atoms with Crippen LogP contribution in [-0.4, -0.2) is 28.4 Å². The van der Waals surface area contributed by atoms with Gasteiger partial charge in [-0.3, -0.25) is 4.79 Å². The van der Waals surface area contributed by atoms with Crippen molar-refractivity contribution in [3.8, 4) is 18.1 Å². The molecule has 1 aliphatic rings. The van der Waals surface area contributed by atoms with E-state index in [1.807, 2.05) is 6.08 Å².